The zero-order valence-electron chi connectivity index (χ0n) is 8.78. The number of aliphatic carboxylic acids is 1. The third kappa shape index (κ3) is 2.55. The summed E-state index contributed by atoms with van der Waals surface area (Å²) < 4.78 is 25.6. The first-order chi connectivity index (χ1) is 7.47. The molecule has 5 heteroatoms. The maximum absolute atomic E-state index is 12.9. The lowest BCUT2D eigenvalue weighted by Gasteiger charge is -2.19. The molecule has 0 aromatic heterocycles. The smallest absolute Gasteiger partial charge is 0.308 e. The van der Waals surface area contributed by atoms with E-state index in [0.717, 1.165) is 12.1 Å². The van der Waals surface area contributed by atoms with Crippen molar-refractivity contribution in [2.45, 2.75) is 19.4 Å². The minimum Gasteiger partial charge on any atom is -0.481 e. The number of carboxylic acid groups (broad SMARTS) is 1. The van der Waals surface area contributed by atoms with Crippen LogP contribution in [0.3, 0.4) is 0 Å². The second kappa shape index (κ2) is 5.03. The molecule has 2 unspecified atom stereocenters. The summed E-state index contributed by atoms with van der Waals surface area (Å²) in [5.74, 6) is -3.84. The molecule has 0 spiro atoms. The SMILES string of the molecule is CCC(C(=O)O)C(N)c1ccc(F)c(F)c1. The molecule has 16 heavy (non-hydrogen) atoms. The maximum Gasteiger partial charge on any atom is 0.308 e. The molecular weight excluding hydrogens is 216 g/mol. The number of hydrogen-bond donors (Lipinski definition) is 2. The van der Waals surface area contributed by atoms with Crippen LogP contribution in [0.1, 0.15) is 24.9 Å². The number of carbonyl (C=O) groups is 1. The molecule has 0 aliphatic rings. The minimum absolute atomic E-state index is 0.285. The van der Waals surface area contributed by atoms with Crippen LogP contribution < -0.4 is 5.73 Å². The highest BCUT2D eigenvalue weighted by molar-refractivity contribution is 5.71. The van der Waals surface area contributed by atoms with Crippen LogP contribution in [-0.4, -0.2) is 11.1 Å². The lowest BCUT2D eigenvalue weighted by molar-refractivity contribution is -0.142. The van der Waals surface area contributed by atoms with Crippen molar-refractivity contribution < 1.29 is 18.7 Å². The van der Waals surface area contributed by atoms with Gasteiger partial charge in [-0.25, -0.2) is 8.78 Å². The first-order valence-corrected chi connectivity index (χ1v) is 4.90. The maximum atomic E-state index is 12.9. The Balaban J connectivity index is 2.99. The van der Waals surface area contributed by atoms with Gasteiger partial charge >= 0.3 is 5.97 Å². The van der Waals surface area contributed by atoms with E-state index in [1.165, 1.54) is 6.07 Å². The van der Waals surface area contributed by atoms with Crippen molar-refractivity contribution in [1.82, 2.24) is 0 Å². The highest BCUT2D eigenvalue weighted by Crippen LogP contribution is 2.23. The van der Waals surface area contributed by atoms with Crippen molar-refractivity contribution in [3.8, 4) is 0 Å². The molecule has 3 N–H and O–H groups in total. The molecule has 1 aromatic carbocycles. The van der Waals surface area contributed by atoms with Gasteiger partial charge in [-0.1, -0.05) is 13.0 Å². The van der Waals surface area contributed by atoms with Gasteiger partial charge in [0.1, 0.15) is 0 Å². The van der Waals surface area contributed by atoms with Crippen LogP contribution in [-0.2, 0) is 4.79 Å². The molecule has 1 aromatic rings. The van der Waals surface area contributed by atoms with Gasteiger partial charge in [0, 0.05) is 6.04 Å². The highest BCUT2D eigenvalue weighted by atomic mass is 19.2. The average Bonchev–Trinajstić information content (AvgIpc) is 2.22. The molecular formula is C11H13F2NO2. The van der Waals surface area contributed by atoms with E-state index >= 15 is 0 Å². The second-order valence-corrected chi connectivity index (χ2v) is 3.55. The van der Waals surface area contributed by atoms with E-state index in [4.69, 9.17) is 10.8 Å². The first-order valence-electron chi connectivity index (χ1n) is 4.90. The van der Waals surface area contributed by atoms with Gasteiger partial charge in [0.05, 0.1) is 5.92 Å². The Morgan fingerprint density at radius 1 is 1.44 bits per heavy atom. The number of benzene rings is 1. The zero-order chi connectivity index (χ0) is 12.3. The fourth-order valence-corrected chi connectivity index (χ4v) is 1.53. The van der Waals surface area contributed by atoms with E-state index in [-0.39, 0.29) is 5.56 Å². The Hall–Kier alpha value is -1.49. The van der Waals surface area contributed by atoms with Gasteiger partial charge < -0.3 is 10.8 Å². The van der Waals surface area contributed by atoms with Crippen LogP contribution >= 0.6 is 0 Å². The van der Waals surface area contributed by atoms with Crippen LogP contribution in [0.25, 0.3) is 0 Å². The van der Waals surface area contributed by atoms with Crippen LogP contribution in [0.4, 0.5) is 8.78 Å². The van der Waals surface area contributed by atoms with Crippen LogP contribution in [0, 0.1) is 17.6 Å². The largest absolute Gasteiger partial charge is 0.481 e. The van der Waals surface area contributed by atoms with Crippen LogP contribution in [0.15, 0.2) is 18.2 Å². The molecule has 3 nitrogen and oxygen atoms in total. The van der Waals surface area contributed by atoms with Gasteiger partial charge in [0.15, 0.2) is 11.6 Å². The average molecular weight is 229 g/mol. The zero-order valence-corrected chi connectivity index (χ0v) is 8.78. The summed E-state index contributed by atoms with van der Waals surface area (Å²) in [4.78, 5) is 10.8. The lowest BCUT2D eigenvalue weighted by Crippen LogP contribution is -2.27. The fraction of sp³-hybridized carbons (Fsp3) is 0.364. The third-order valence-corrected chi connectivity index (χ3v) is 2.52. The number of nitrogens with two attached hydrogens (primary N) is 1. The molecule has 0 amide bonds. The predicted octanol–water partition coefficient (Wildman–Crippen LogP) is 2.08. The number of rotatable bonds is 4. The summed E-state index contributed by atoms with van der Waals surface area (Å²) >= 11 is 0. The van der Waals surface area contributed by atoms with Crippen LogP contribution in [0.2, 0.25) is 0 Å². The predicted molar refractivity (Wildman–Crippen MR) is 54.7 cm³/mol. The molecule has 0 fully saturated rings. The van der Waals surface area contributed by atoms with Crippen molar-refractivity contribution in [2.75, 3.05) is 0 Å². The highest BCUT2D eigenvalue weighted by Gasteiger charge is 2.25. The Bertz CT molecular complexity index is 396. The quantitative estimate of drug-likeness (QED) is 0.830. The summed E-state index contributed by atoms with van der Waals surface area (Å²) in [5.41, 5.74) is 5.99. The molecule has 0 bridgehead atoms. The number of carboxylic acids is 1. The van der Waals surface area contributed by atoms with E-state index in [1.54, 1.807) is 6.92 Å². The number of halogens is 2. The third-order valence-electron chi connectivity index (χ3n) is 2.52. The van der Waals surface area contributed by atoms with Gasteiger partial charge in [-0.05, 0) is 24.1 Å². The van der Waals surface area contributed by atoms with Crippen molar-refractivity contribution in [3.63, 3.8) is 0 Å². The molecule has 0 aliphatic carbocycles. The minimum atomic E-state index is -1.04. The standard InChI is InChI=1S/C11H13F2NO2/c1-2-7(11(15)16)10(14)6-3-4-8(12)9(13)5-6/h3-5,7,10H,2,14H2,1H3,(H,15,16). The molecule has 2 atom stereocenters. The van der Waals surface area contributed by atoms with Gasteiger partial charge in [0.25, 0.3) is 0 Å². The number of hydrogen-bond acceptors (Lipinski definition) is 2. The molecule has 88 valence electrons. The Morgan fingerprint density at radius 3 is 2.50 bits per heavy atom. The molecule has 0 saturated carbocycles. The Morgan fingerprint density at radius 2 is 2.06 bits per heavy atom. The summed E-state index contributed by atoms with van der Waals surface area (Å²) in [6, 6.07) is 2.34. The Labute approximate surface area is 91.9 Å². The molecule has 0 aliphatic heterocycles. The molecule has 1 rings (SSSR count). The van der Waals surface area contributed by atoms with E-state index in [0.29, 0.717) is 6.42 Å². The second-order valence-electron chi connectivity index (χ2n) is 3.55. The molecule has 0 saturated heterocycles. The first kappa shape index (κ1) is 12.6. The van der Waals surface area contributed by atoms with Crippen molar-refractivity contribution in [2.24, 2.45) is 11.7 Å². The summed E-state index contributed by atoms with van der Waals surface area (Å²) in [6.45, 7) is 1.68. The van der Waals surface area contributed by atoms with Crippen LogP contribution in [0.5, 0.6) is 0 Å². The van der Waals surface area contributed by atoms with Gasteiger partial charge in [0.2, 0.25) is 0 Å². The van der Waals surface area contributed by atoms with Gasteiger partial charge in [-0.15, -0.1) is 0 Å². The Kier molecular flexibility index (Phi) is 3.95. The van der Waals surface area contributed by atoms with E-state index < -0.39 is 29.6 Å². The molecule has 0 heterocycles. The fourth-order valence-electron chi connectivity index (χ4n) is 1.53. The van der Waals surface area contributed by atoms with Crippen molar-refractivity contribution in [1.29, 1.82) is 0 Å². The van der Waals surface area contributed by atoms with Gasteiger partial charge in [-0.2, -0.15) is 0 Å². The summed E-state index contributed by atoms with van der Waals surface area (Å²) in [5, 5.41) is 8.88. The van der Waals surface area contributed by atoms with E-state index in [1.807, 2.05) is 0 Å². The lowest BCUT2D eigenvalue weighted by atomic mass is 9.92. The summed E-state index contributed by atoms with van der Waals surface area (Å²) in [7, 11) is 0. The van der Waals surface area contributed by atoms with Crippen molar-refractivity contribution >= 4 is 5.97 Å². The van der Waals surface area contributed by atoms with E-state index in [2.05, 4.69) is 0 Å². The normalized spacial score (nSPS) is 14.5. The van der Waals surface area contributed by atoms with E-state index in [9.17, 15) is 13.6 Å². The van der Waals surface area contributed by atoms with Gasteiger partial charge in [-0.3, -0.25) is 4.79 Å². The topological polar surface area (TPSA) is 63.3 Å². The molecule has 0 radical (unpaired) electrons. The van der Waals surface area contributed by atoms with Crippen molar-refractivity contribution in [3.05, 3.63) is 35.4 Å². The summed E-state index contributed by atoms with van der Waals surface area (Å²) in [6.07, 6.45) is 0.329. The monoisotopic (exact) mass is 229 g/mol.